The molecule has 0 bridgehead atoms. The number of ether oxygens (including phenoxy) is 2. The molecule has 0 atom stereocenters. The van der Waals surface area contributed by atoms with Crippen LogP contribution in [0.15, 0.2) is 48.5 Å². The van der Waals surface area contributed by atoms with Crippen molar-refractivity contribution < 1.29 is 14.6 Å². The van der Waals surface area contributed by atoms with Crippen molar-refractivity contribution >= 4 is 5.69 Å². The number of aliphatic hydroxyl groups is 1. The number of hydrogen-bond acceptors (Lipinski definition) is 5. The summed E-state index contributed by atoms with van der Waals surface area (Å²) in [5, 5.41) is 16.2. The van der Waals surface area contributed by atoms with Crippen LogP contribution in [0.5, 0.6) is 5.75 Å². The SMILES string of the molecule is CCOc1ccc(CNCCCCOCCNc2ccccc2)cc1CO. The van der Waals surface area contributed by atoms with Crippen molar-refractivity contribution in [3.8, 4) is 5.75 Å². The Morgan fingerprint density at radius 1 is 0.963 bits per heavy atom. The molecule has 0 aliphatic rings. The standard InChI is InChI=1S/C22H32N2O3/c1-2-27-22-11-10-19(16-20(22)18-25)17-23-12-6-7-14-26-15-13-24-21-8-4-3-5-9-21/h3-5,8-11,16,23-25H,2,6-7,12-15,17-18H2,1H3. The first-order valence-corrected chi connectivity index (χ1v) is 9.76. The predicted molar refractivity (Wildman–Crippen MR) is 110 cm³/mol. The van der Waals surface area contributed by atoms with Crippen LogP contribution in [0.25, 0.3) is 0 Å². The number of para-hydroxylation sites is 1. The highest BCUT2D eigenvalue weighted by atomic mass is 16.5. The summed E-state index contributed by atoms with van der Waals surface area (Å²) in [6.07, 6.45) is 2.12. The van der Waals surface area contributed by atoms with E-state index in [0.29, 0.717) is 6.61 Å². The minimum atomic E-state index is -0.000355. The Balaban J connectivity index is 1.48. The van der Waals surface area contributed by atoms with Crippen LogP contribution < -0.4 is 15.4 Å². The summed E-state index contributed by atoms with van der Waals surface area (Å²) in [6.45, 7) is 6.63. The number of nitrogens with one attached hydrogen (secondary N) is 2. The Hall–Kier alpha value is -2.08. The van der Waals surface area contributed by atoms with Crippen molar-refractivity contribution in [3.05, 3.63) is 59.7 Å². The summed E-state index contributed by atoms with van der Waals surface area (Å²) in [5.74, 6) is 0.766. The maximum atomic E-state index is 9.45. The van der Waals surface area contributed by atoms with E-state index in [9.17, 15) is 5.11 Å². The van der Waals surface area contributed by atoms with Gasteiger partial charge < -0.3 is 25.2 Å². The smallest absolute Gasteiger partial charge is 0.124 e. The normalized spacial score (nSPS) is 10.7. The van der Waals surface area contributed by atoms with Gasteiger partial charge in [-0.3, -0.25) is 0 Å². The first-order valence-electron chi connectivity index (χ1n) is 9.76. The second-order valence-corrected chi connectivity index (χ2v) is 6.32. The van der Waals surface area contributed by atoms with Gasteiger partial charge in [0.25, 0.3) is 0 Å². The summed E-state index contributed by atoms with van der Waals surface area (Å²) in [6, 6.07) is 16.1. The van der Waals surface area contributed by atoms with Gasteiger partial charge in [0, 0.05) is 30.9 Å². The number of anilines is 1. The van der Waals surface area contributed by atoms with Gasteiger partial charge in [-0.05, 0) is 56.1 Å². The molecule has 0 heterocycles. The molecule has 2 aromatic carbocycles. The maximum Gasteiger partial charge on any atom is 0.124 e. The Bertz CT molecular complexity index is 635. The second-order valence-electron chi connectivity index (χ2n) is 6.32. The highest BCUT2D eigenvalue weighted by molar-refractivity contribution is 5.42. The zero-order valence-electron chi connectivity index (χ0n) is 16.2. The minimum Gasteiger partial charge on any atom is -0.494 e. The third kappa shape index (κ3) is 8.43. The van der Waals surface area contributed by atoms with Gasteiger partial charge in [-0.25, -0.2) is 0 Å². The van der Waals surface area contributed by atoms with Gasteiger partial charge in [0.1, 0.15) is 5.75 Å². The van der Waals surface area contributed by atoms with E-state index in [1.165, 1.54) is 0 Å². The van der Waals surface area contributed by atoms with Crippen molar-refractivity contribution in [1.82, 2.24) is 5.32 Å². The lowest BCUT2D eigenvalue weighted by atomic mass is 10.1. The van der Waals surface area contributed by atoms with Crippen molar-refractivity contribution in [2.75, 3.05) is 38.2 Å². The van der Waals surface area contributed by atoms with Gasteiger partial charge in [-0.2, -0.15) is 0 Å². The van der Waals surface area contributed by atoms with Crippen LogP contribution in [0.1, 0.15) is 30.9 Å². The molecular weight excluding hydrogens is 340 g/mol. The summed E-state index contributed by atoms with van der Waals surface area (Å²) in [5.41, 5.74) is 3.13. The van der Waals surface area contributed by atoms with Crippen molar-refractivity contribution in [1.29, 1.82) is 0 Å². The van der Waals surface area contributed by atoms with Crippen molar-refractivity contribution in [2.24, 2.45) is 0 Å². The maximum absolute atomic E-state index is 9.45. The summed E-state index contributed by atoms with van der Waals surface area (Å²) >= 11 is 0. The van der Waals surface area contributed by atoms with Crippen LogP contribution in [0, 0.1) is 0 Å². The Kier molecular flexibility index (Phi) is 10.3. The number of hydrogen-bond donors (Lipinski definition) is 3. The van der Waals surface area contributed by atoms with Crippen LogP contribution in [-0.2, 0) is 17.9 Å². The molecule has 0 aliphatic carbocycles. The highest BCUT2D eigenvalue weighted by Crippen LogP contribution is 2.20. The average molecular weight is 373 g/mol. The molecule has 0 spiro atoms. The monoisotopic (exact) mass is 372 g/mol. The quantitative estimate of drug-likeness (QED) is 0.443. The fourth-order valence-corrected chi connectivity index (χ4v) is 2.78. The van der Waals surface area contributed by atoms with E-state index in [2.05, 4.69) is 22.8 Å². The molecular formula is C22H32N2O3. The Labute approximate surface area is 162 Å². The minimum absolute atomic E-state index is 0.000355. The topological polar surface area (TPSA) is 62.8 Å². The van der Waals surface area contributed by atoms with Crippen molar-refractivity contribution in [2.45, 2.75) is 32.9 Å². The van der Waals surface area contributed by atoms with E-state index >= 15 is 0 Å². The molecule has 3 N–H and O–H groups in total. The number of benzene rings is 2. The number of rotatable bonds is 14. The van der Waals surface area contributed by atoms with Crippen LogP contribution in [0.2, 0.25) is 0 Å². The zero-order chi connectivity index (χ0) is 19.2. The number of aliphatic hydroxyl groups excluding tert-OH is 1. The highest BCUT2D eigenvalue weighted by Gasteiger charge is 2.04. The molecule has 2 rings (SSSR count). The molecule has 0 fully saturated rings. The molecule has 0 aromatic heterocycles. The lowest BCUT2D eigenvalue weighted by Crippen LogP contribution is -2.16. The van der Waals surface area contributed by atoms with Gasteiger partial charge in [-0.15, -0.1) is 0 Å². The molecule has 0 amide bonds. The molecule has 0 unspecified atom stereocenters. The second kappa shape index (κ2) is 13.1. The largest absolute Gasteiger partial charge is 0.494 e. The van der Waals surface area contributed by atoms with Gasteiger partial charge in [0.15, 0.2) is 0 Å². The van der Waals surface area contributed by atoms with E-state index < -0.39 is 0 Å². The van der Waals surface area contributed by atoms with Crippen LogP contribution >= 0.6 is 0 Å². The third-order valence-electron chi connectivity index (χ3n) is 4.17. The molecule has 0 radical (unpaired) electrons. The first-order chi connectivity index (χ1) is 13.3. The zero-order valence-corrected chi connectivity index (χ0v) is 16.2. The van der Waals surface area contributed by atoms with E-state index in [0.717, 1.165) is 68.3 Å². The molecule has 5 heteroatoms. The predicted octanol–water partition coefficient (Wildman–Crippen LogP) is 3.58. The Morgan fingerprint density at radius 2 is 1.81 bits per heavy atom. The number of unbranched alkanes of at least 4 members (excludes halogenated alkanes) is 1. The lowest BCUT2D eigenvalue weighted by Gasteiger charge is -2.11. The fourth-order valence-electron chi connectivity index (χ4n) is 2.78. The average Bonchev–Trinajstić information content (AvgIpc) is 2.71. The van der Waals surface area contributed by atoms with E-state index in [1.54, 1.807) is 0 Å². The van der Waals surface area contributed by atoms with Gasteiger partial charge in [-0.1, -0.05) is 24.3 Å². The molecule has 0 saturated carbocycles. The van der Waals surface area contributed by atoms with Crippen LogP contribution in [0.4, 0.5) is 5.69 Å². The summed E-state index contributed by atoms with van der Waals surface area (Å²) < 4.78 is 11.2. The molecule has 148 valence electrons. The van der Waals surface area contributed by atoms with Crippen LogP contribution in [-0.4, -0.2) is 38.0 Å². The summed E-state index contributed by atoms with van der Waals surface area (Å²) in [7, 11) is 0. The molecule has 2 aromatic rings. The van der Waals surface area contributed by atoms with Crippen molar-refractivity contribution in [3.63, 3.8) is 0 Å². The van der Waals surface area contributed by atoms with E-state index in [-0.39, 0.29) is 6.61 Å². The molecule has 5 nitrogen and oxygen atoms in total. The van der Waals surface area contributed by atoms with E-state index in [1.807, 2.05) is 43.3 Å². The lowest BCUT2D eigenvalue weighted by molar-refractivity contribution is 0.140. The summed E-state index contributed by atoms with van der Waals surface area (Å²) in [4.78, 5) is 0. The first kappa shape index (κ1) is 21.2. The molecule has 27 heavy (non-hydrogen) atoms. The third-order valence-corrected chi connectivity index (χ3v) is 4.17. The van der Waals surface area contributed by atoms with Gasteiger partial charge in [0.05, 0.1) is 19.8 Å². The van der Waals surface area contributed by atoms with Crippen LogP contribution in [0.3, 0.4) is 0 Å². The van der Waals surface area contributed by atoms with Gasteiger partial charge in [0.2, 0.25) is 0 Å². The molecule has 0 saturated heterocycles. The fraction of sp³-hybridized carbons (Fsp3) is 0.455. The molecule has 0 aliphatic heterocycles. The van der Waals surface area contributed by atoms with Gasteiger partial charge >= 0.3 is 0 Å². The van der Waals surface area contributed by atoms with E-state index in [4.69, 9.17) is 9.47 Å². The Morgan fingerprint density at radius 3 is 2.59 bits per heavy atom.